The Bertz CT molecular complexity index is 415. The monoisotopic (exact) mass is 353 g/mol. The lowest BCUT2D eigenvalue weighted by Crippen LogP contribution is -2.48. The Morgan fingerprint density at radius 2 is 2.05 bits per heavy atom. The summed E-state index contributed by atoms with van der Waals surface area (Å²) < 4.78 is 0. The Balaban J connectivity index is 0.00000200. The van der Waals surface area contributed by atoms with E-state index in [2.05, 4.69) is 38.0 Å². The van der Waals surface area contributed by atoms with Crippen molar-refractivity contribution in [2.24, 2.45) is 5.73 Å². The van der Waals surface area contributed by atoms with Gasteiger partial charge in [0.1, 0.15) is 5.01 Å². The molecule has 124 valence electrons. The summed E-state index contributed by atoms with van der Waals surface area (Å²) in [7, 11) is 0. The molecule has 1 aliphatic rings. The fourth-order valence-corrected chi connectivity index (χ4v) is 3.76. The number of rotatable bonds is 3. The molecule has 2 heterocycles. The summed E-state index contributed by atoms with van der Waals surface area (Å²) in [4.78, 5) is 7.33. The molecule has 1 saturated heterocycles. The van der Waals surface area contributed by atoms with Crippen molar-refractivity contribution in [3.8, 4) is 0 Å². The van der Waals surface area contributed by atoms with Gasteiger partial charge in [0.05, 0.1) is 12.2 Å². The second-order valence-corrected chi connectivity index (χ2v) is 7.71. The number of piperidine rings is 1. The zero-order chi connectivity index (χ0) is 14.0. The molecule has 0 aromatic carbocycles. The Hall–Kier alpha value is 0.130. The normalized spacial score (nSPS) is 21.3. The van der Waals surface area contributed by atoms with E-state index in [4.69, 9.17) is 10.7 Å². The maximum atomic E-state index is 6.13. The van der Waals surface area contributed by atoms with E-state index in [0.717, 1.165) is 13.1 Å². The van der Waals surface area contributed by atoms with Gasteiger partial charge in [0, 0.05) is 22.9 Å². The van der Waals surface area contributed by atoms with Crippen molar-refractivity contribution in [2.45, 2.75) is 71.0 Å². The highest BCUT2D eigenvalue weighted by Crippen LogP contribution is 2.26. The Kier molecular flexibility index (Phi) is 8.74. The summed E-state index contributed by atoms with van der Waals surface area (Å²) in [6, 6.07) is 0.776. The van der Waals surface area contributed by atoms with Crippen LogP contribution in [0.25, 0.3) is 0 Å². The molecule has 0 aliphatic carbocycles. The summed E-state index contributed by atoms with van der Waals surface area (Å²) >= 11 is 1.79. The molecular weight excluding hydrogens is 325 g/mol. The highest BCUT2D eigenvalue weighted by atomic mass is 35.5. The molecule has 1 aliphatic heterocycles. The van der Waals surface area contributed by atoms with Crippen LogP contribution in [-0.4, -0.2) is 28.5 Å². The van der Waals surface area contributed by atoms with Crippen molar-refractivity contribution in [3.05, 3.63) is 16.1 Å². The standard InChI is InChI=1S/C15H27N3S.2ClH/c1-11(16)12-7-5-6-8-18(12)9-14-17-13(10-19-14)15(2,3)4;;/h10-12H,5-9,16H2,1-4H3;2*1H. The molecule has 1 aromatic rings. The molecule has 2 N–H and O–H groups in total. The Labute approximate surface area is 145 Å². The zero-order valence-electron chi connectivity index (χ0n) is 13.5. The first kappa shape index (κ1) is 21.1. The summed E-state index contributed by atoms with van der Waals surface area (Å²) in [6.45, 7) is 10.9. The number of nitrogens with zero attached hydrogens (tertiary/aromatic N) is 2. The minimum Gasteiger partial charge on any atom is -0.327 e. The van der Waals surface area contributed by atoms with Crippen LogP contribution in [-0.2, 0) is 12.0 Å². The molecule has 2 unspecified atom stereocenters. The van der Waals surface area contributed by atoms with Gasteiger partial charge in [-0.25, -0.2) is 4.98 Å². The lowest BCUT2D eigenvalue weighted by molar-refractivity contribution is 0.123. The first-order valence-corrected chi connectivity index (χ1v) is 8.20. The van der Waals surface area contributed by atoms with Gasteiger partial charge in [0.25, 0.3) is 0 Å². The lowest BCUT2D eigenvalue weighted by atomic mass is 9.93. The van der Waals surface area contributed by atoms with Gasteiger partial charge in [0.2, 0.25) is 0 Å². The van der Waals surface area contributed by atoms with E-state index in [1.54, 1.807) is 11.3 Å². The van der Waals surface area contributed by atoms with Crippen LogP contribution < -0.4 is 5.73 Å². The number of likely N-dealkylation sites (tertiary alicyclic amines) is 1. The second-order valence-electron chi connectivity index (χ2n) is 6.77. The molecule has 0 amide bonds. The van der Waals surface area contributed by atoms with Crippen molar-refractivity contribution in [2.75, 3.05) is 6.54 Å². The molecule has 0 radical (unpaired) electrons. The summed E-state index contributed by atoms with van der Waals surface area (Å²) in [5.74, 6) is 0. The van der Waals surface area contributed by atoms with Gasteiger partial charge < -0.3 is 5.73 Å². The minimum absolute atomic E-state index is 0. The smallest absolute Gasteiger partial charge is 0.107 e. The van der Waals surface area contributed by atoms with E-state index >= 15 is 0 Å². The topological polar surface area (TPSA) is 42.1 Å². The van der Waals surface area contributed by atoms with E-state index in [1.807, 2.05) is 0 Å². The number of hydrogen-bond acceptors (Lipinski definition) is 4. The van der Waals surface area contributed by atoms with Crippen LogP contribution in [0.2, 0.25) is 0 Å². The van der Waals surface area contributed by atoms with E-state index in [0.29, 0.717) is 6.04 Å². The minimum atomic E-state index is 0. The van der Waals surface area contributed by atoms with Crippen molar-refractivity contribution >= 4 is 36.2 Å². The number of aromatic nitrogens is 1. The van der Waals surface area contributed by atoms with Crippen LogP contribution in [0.5, 0.6) is 0 Å². The predicted octanol–water partition coefficient (Wildman–Crippen LogP) is 3.99. The average Bonchev–Trinajstić information content (AvgIpc) is 2.77. The Morgan fingerprint density at radius 1 is 1.38 bits per heavy atom. The molecule has 1 fully saturated rings. The maximum Gasteiger partial charge on any atom is 0.107 e. The third kappa shape index (κ3) is 5.68. The van der Waals surface area contributed by atoms with Gasteiger partial charge in [0.15, 0.2) is 0 Å². The zero-order valence-corrected chi connectivity index (χ0v) is 15.9. The first-order chi connectivity index (χ1) is 8.88. The molecule has 2 atom stereocenters. The van der Waals surface area contributed by atoms with Crippen LogP contribution in [0, 0.1) is 0 Å². The molecular formula is C15H29Cl2N3S. The van der Waals surface area contributed by atoms with Crippen LogP contribution in [0.1, 0.15) is 57.7 Å². The van der Waals surface area contributed by atoms with E-state index in [-0.39, 0.29) is 36.3 Å². The average molecular weight is 354 g/mol. The Morgan fingerprint density at radius 3 is 2.57 bits per heavy atom. The van der Waals surface area contributed by atoms with Crippen LogP contribution >= 0.6 is 36.2 Å². The number of thiazole rings is 1. The van der Waals surface area contributed by atoms with E-state index in [1.165, 1.54) is 30.0 Å². The van der Waals surface area contributed by atoms with Gasteiger partial charge in [-0.1, -0.05) is 27.2 Å². The van der Waals surface area contributed by atoms with Crippen molar-refractivity contribution in [1.82, 2.24) is 9.88 Å². The van der Waals surface area contributed by atoms with E-state index < -0.39 is 0 Å². The fraction of sp³-hybridized carbons (Fsp3) is 0.800. The third-order valence-electron chi connectivity index (χ3n) is 3.93. The largest absolute Gasteiger partial charge is 0.327 e. The van der Waals surface area contributed by atoms with Gasteiger partial charge >= 0.3 is 0 Å². The molecule has 6 heteroatoms. The second kappa shape index (κ2) is 8.68. The molecule has 0 saturated carbocycles. The van der Waals surface area contributed by atoms with Crippen molar-refractivity contribution < 1.29 is 0 Å². The van der Waals surface area contributed by atoms with Gasteiger partial charge in [-0.3, -0.25) is 4.90 Å². The predicted molar refractivity (Wildman–Crippen MR) is 97.0 cm³/mol. The summed E-state index contributed by atoms with van der Waals surface area (Å²) in [5, 5.41) is 3.44. The lowest BCUT2D eigenvalue weighted by Gasteiger charge is -2.37. The number of nitrogens with two attached hydrogens (primary N) is 1. The fourth-order valence-electron chi connectivity index (χ4n) is 2.71. The molecule has 0 bridgehead atoms. The van der Waals surface area contributed by atoms with E-state index in [9.17, 15) is 0 Å². The number of hydrogen-bond donors (Lipinski definition) is 1. The van der Waals surface area contributed by atoms with Gasteiger partial charge in [-0.2, -0.15) is 0 Å². The highest BCUT2D eigenvalue weighted by Gasteiger charge is 2.26. The number of halogens is 2. The van der Waals surface area contributed by atoms with Gasteiger partial charge in [-0.15, -0.1) is 36.2 Å². The highest BCUT2D eigenvalue weighted by molar-refractivity contribution is 7.09. The maximum absolute atomic E-state index is 6.13. The quantitative estimate of drug-likeness (QED) is 0.893. The van der Waals surface area contributed by atoms with Gasteiger partial charge in [-0.05, 0) is 26.3 Å². The molecule has 2 rings (SSSR count). The summed E-state index contributed by atoms with van der Waals surface area (Å²) in [5.41, 5.74) is 7.49. The molecule has 1 aromatic heterocycles. The van der Waals surface area contributed by atoms with Crippen LogP contribution in [0.15, 0.2) is 5.38 Å². The molecule has 3 nitrogen and oxygen atoms in total. The van der Waals surface area contributed by atoms with Crippen molar-refractivity contribution in [1.29, 1.82) is 0 Å². The first-order valence-electron chi connectivity index (χ1n) is 7.32. The van der Waals surface area contributed by atoms with Crippen LogP contribution in [0.3, 0.4) is 0 Å². The summed E-state index contributed by atoms with van der Waals surface area (Å²) in [6.07, 6.45) is 3.84. The third-order valence-corrected chi connectivity index (χ3v) is 4.76. The van der Waals surface area contributed by atoms with Crippen LogP contribution in [0.4, 0.5) is 0 Å². The SMILES string of the molecule is CC(N)C1CCCCN1Cc1nc(C(C)(C)C)cs1.Cl.Cl. The molecule has 0 spiro atoms. The van der Waals surface area contributed by atoms with Crippen molar-refractivity contribution in [3.63, 3.8) is 0 Å². The molecule has 21 heavy (non-hydrogen) atoms.